The largest absolute Gasteiger partial charge is 0.303 e. The molecule has 0 aliphatic carbocycles. The number of nitrogens with zero attached hydrogens (tertiary/aromatic N) is 3. The summed E-state index contributed by atoms with van der Waals surface area (Å²) in [4.78, 5) is 15.0. The van der Waals surface area contributed by atoms with Crippen molar-refractivity contribution in [2.45, 2.75) is 52.6 Å². The fraction of sp³-hybridized carbons (Fsp3) is 0.421. The average molecular weight is 373 g/mol. The minimum absolute atomic E-state index is 0.210. The minimum atomic E-state index is 0.210. The molecule has 0 aromatic carbocycles. The number of aromatic nitrogens is 3. The fourth-order valence-electron chi connectivity index (χ4n) is 2.60. The monoisotopic (exact) mass is 372 g/mol. The minimum Gasteiger partial charge on any atom is -0.303 e. The third-order valence-electron chi connectivity index (χ3n) is 4.15. The summed E-state index contributed by atoms with van der Waals surface area (Å²) in [5.41, 5.74) is 3.59. The van der Waals surface area contributed by atoms with Crippen LogP contribution in [0.25, 0.3) is 0 Å². The molecular weight excluding hydrogens is 348 g/mol. The molecule has 0 aliphatic rings. The molecule has 0 amide bonds. The summed E-state index contributed by atoms with van der Waals surface area (Å²) in [5.74, 6) is 0.923. The maximum Gasteiger partial charge on any atom is 0.128 e. The molecule has 0 radical (unpaired) electrons. The highest BCUT2D eigenvalue weighted by molar-refractivity contribution is 7.11. The molecule has 4 nitrogen and oxygen atoms in total. The third-order valence-corrected chi connectivity index (χ3v) is 6.07. The predicted octanol–water partition coefficient (Wildman–Crippen LogP) is 4.64. The molecule has 0 spiro atoms. The van der Waals surface area contributed by atoms with E-state index >= 15 is 0 Å². The summed E-state index contributed by atoms with van der Waals surface area (Å²) in [5, 5.41) is 9.16. The van der Waals surface area contributed by atoms with Gasteiger partial charge in [-0.2, -0.15) is 11.3 Å². The molecule has 0 aliphatic heterocycles. The summed E-state index contributed by atoms with van der Waals surface area (Å²) in [6.07, 6.45) is 6.83. The number of hydrogen-bond donors (Lipinski definition) is 1. The summed E-state index contributed by atoms with van der Waals surface area (Å²) >= 11 is 3.53. The second-order valence-electron chi connectivity index (χ2n) is 6.22. The zero-order valence-electron chi connectivity index (χ0n) is 15.0. The maximum atomic E-state index is 4.77. The first-order valence-electron chi connectivity index (χ1n) is 8.64. The Balaban J connectivity index is 1.70. The van der Waals surface area contributed by atoms with E-state index in [1.807, 2.05) is 12.4 Å². The van der Waals surface area contributed by atoms with Gasteiger partial charge in [0, 0.05) is 35.8 Å². The lowest BCUT2D eigenvalue weighted by atomic mass is 10.1. The van der Waals surface area contributed by atoms with Crippen molar-refractivity contribution in [1.82, 2.24) is 20.3 Å². The van der Waals surface area contributed by atoms with Crippen LogP contribution in [-0.2, 0) is 19.4 Å². The molecule has 3 aromatic rings. The lowest BCUT2D eigenvalue weighted by Crippen LogP contribution is -2.23. The Kier molecular flexibility index (Phi) is 6.29. The van der Waals surface area contributed by atoms with E-state index in [-0.39, 0.29) is 6.04 Å². The molecule has 3 rings (SSSR count). The third kappa shape index (κ3) is 4.93. The van der Waals surface area contributed by atoms with Crippen molar-refractivity contribution in [3.05, 3.63) is 61.8 Å². The SMILES string of the molecule is CCCc1ncc(CN[C@H](Cc2ccsc2)c2nc(C)c(C)s2)cn1. The van der Waals surface area contributed by atoms with Crippen LogP contribution in [-0.4, -0.2) is 15.0 Å². The van der Waals surface area contributed by atoms with Gasteiger partial charge in [-0.05, 0) is 49.1 Å². The highest BCUT2D eigenvalue weighted by Gasteiger charge is 2.17. The van der Waals surface area contributed by atoms with Crippen molar-refractivity contribution in [2.24, 2.45) is 0 Å². The van der Waals surface area contributed by atoms with Crippen molar-refractivity contribution in [1.29, 1.82) is 0 Å². The van der Waals surface area contributed by atoms with Crippen LogP contribution in [0.3, 0.4) is 0 Å². The van der Waals surface area contributed by atoms with Crippen molar-refractivity contribution >= 4 is 22.7 Å². The molecule has 0 saturated carbocycles. The van der Waals surface area contributed by atoms with Gasteiger partial charge in [0.05, 0.1) is 11.7 Å². The van der Waals surface area contributed by atoms with Crippen molar-refractivity contribution in [2.75, 3.05) is 0 Å². The Hall–Kier alpha value is -1.63. The Labute approximate surface area is 157 Å². The van der Waals surface area contributed by atoms with E-state index < -0.39 is 0 Å². The molecular formula is C19H24N4S2. The molecule has 3 aromatic heterocycles. The number of hydrogen-bond acceptors (Lipinski definition) is 6. The van der Waals surface area contributed by atoms with Crippen molar-refractivity contribution < 1.29 is 0 Å². The van der Waals surface area contributed by atoms with E-state index in [1.54, 1.807) is 22.7 Å². The normalized spacial score (nSPS) is 12.4. The quantitative estimate of drug-likeness (QED) is 0.626. The van der Waals surface area contributed by atoms with E-state index in [4.69, 9.17) is 4.98 Å². The van der Waals surface area contributed by atoms with Crippen LogP contribution >= 0.6 is 22.7 Å². The Morgan fingerprint density at radius 3 is 2.56 bits per heavy atom. The molecule has 6 heteroatoms. The summed E-state index contributed by atoms with van der Waals surface area (Å²) in [6, 6.07) is 2.40. The van der Waals surface area contributed by atoms with Gasteiger partial charge in [-0.3, -0.25) is 0 Å². The van der Waals surface area contributed by atoms with Gasteiger partial charge in [-0.15, -0.1) is 11.3 Å². The lowest BCUT2D eigenvalue weighted by Gasteiger charge is -2.16. The van der Waals surface area contributed by atoms with Crippen LogP contribution in [0.5, 0.6) is 0 Å². The molecule has 0 bridgehead atoms. The van der Waals surface area contributed by atoms with Gasteiger partial charge in [0.2, 0.25) is 0 Å². The average Bonchev–Trinajstić information content (AvgIpc) is 3.23. The molecule has 1 atom stereocenters. The second-order valence-corrected chi connectivity index (χ2v) is 8.24. The maximum absolute atomic E-state index is 4.77. The highest BCUT2D eigenvalue weighted by atomic mass is 32.1. The molecule has 0 unspecified atom stereocenters. The summed E-state index contributed by atoms with van der Waals surface area (Å²) in [7, 11) is 0. The fourth-order valence-corrected chi connectivity index (χ4v) is 4.28. The first-order chi connectivity index (χ1) is 12.2. The molecule has 3 heterocycles. The van der Waals surface area contributed by atoms with Gasteiger partial charge in [0.15, 0.2) is 0 Å². The first kappa shape index (κ1) is 18.2. The van der Waals surface area contributed by atoms with Crippen LogP contribution in [0.1, 0.15) is 51.9 Å². The zero-order chi connectivity index (χ0) is 17.6. The standard InChI is InChI=1S/C19H24N4S2/c1-4-5-18-21-10-16(11-22-18)9-20-17(8-15-6-7-24-12-15)19-23-13(2)14(3)25-19/h6-7,10-12,17,20H,4-5,8-9H2,1-3H3/t17-/m1/s1. The van der Waals surface area contributed by atoms with E-state index in [0.29, 0.717) is 0 Å². The van der Waals surface area contributed by atoms with E-state index in [0.717, 1.165) is 47.9 Å². The molecule has 1 N–H and O–H groups in total. The Bertz CT molecular complexity index is 759. The topological polar surface area (TPSA) is 50.7 Å². The van der Waals surface area contributed by atoms with Gasteiger partial charge in [-0.25, -0.2) is 15.0 Å². The van der Waals surface area contributed by atoms with E-state index in [2.05, 4.69) is 52.9 Å². The van der Waals surface area contributed by atoms with Crippen molar-refractivity contribution in [3.63, 3.8) is 0 Å². The number of rotatable bonds is 8. The van der Waals surface area contributed by atoms with Crippen LogP contribution < -0.4 is 5.32 Å². The van der Waals surface area contributed by atoms with Crippen LogP contribution in [0.2, 0.25) is 0 Å². The molecule has 0 saturated heterocycles. The van der Waals surface area contributed by atoms with Gasteiger partial charge in [0.1, 0.15) is 10.8 Å². The number of thiophene rings is 1. The Morgan fingerprint density at radius 1 is 1.16 bits per heavy atom. The smallest absolute Gasteiger partial charge is 0.128 e. The first-order valence-corrected chi connectivity index (χ1v) is 10.4. The Morgan fingerprint density at radius 2 is 1.96 bits per heavy atom. The van der Waals surface area contributed by atoms with Crippen LogP contribution in [0, 0.1) is 13.8 Å². The number of aryl methyl sites for hydroxylation is 3. The zero-order valence-corrected chi connectivity index (χ0v) is 16.6. The summed E-state index contributed by atoms with van der Waals surface area (Å²) in [6.45, 7) is 7.11. The molecule has 132 valence electrons. The number of nitrogens with one attached hydrogen (secondary N) is 1. The summed E-state index contributed by atoms with van der Waals surface area (Å²) < 4.78 is 0. The molecule has 0 fully saturated rings. The van der Waals surface area contributed by atoms with Crippen LogP contribution in [0.4, 0.5) is 0 Å². The van der Waals surface area contributed by atoms with Gasteiger partial charge in [0.25, 0.3) is 0 Å². The van der Waals surface area contributed by atoms with Crippen molar-refractivity contribution in [3.8, 4) is 0 Å². The van der Waals surface area contributed by atoms with Gasteiger partial charge in [-0.1, -0.05) is 6.92 Å². The highest BCUT2D eigenvalue weighted by Crippen LogP contribution is 2.26. The lowest BCUT2D eigenvalue weighted by molar-refractivity contribution is 0.526. The van der Waals surface area contributed by atoms with Gasteiger partial charge < -0.3 is 5.32 Å². The second kappa shape index (κ2) is 8.65. The predicted molar refractivity (Wildman–Crippen MR) is 105 cm³/mol. The van der Waals surface area contributed by atoms with Gasteiger partial charge >= 0.3 is 0 Å². The van der Waals surface area contributed by atoms with E-state index in [1.165, 1.54) is 10.4 Å². The van der Waals surface area contributed by atoms with E-state index in [9.17, 15) is 0 Å². The van der Waals surface area contributed by atoms with Crippen LogP contribution in [0.15, 0.2) is 29.2 Å². The number of thiazole rings is 1. The molecule has 25 heavy (non-hydrogen) atoms.